The Labute approximate surface area is 120 Å². The second-order valence-electron chi connectivity index (χ2n) is 5.90. The quantitative estimate of drug-likeness (QED) is 0.904. The fraction of sp³-hybridized carbons (Fsp3) is 0.529. The zero-order valence-electron chi connectivity index (χ0n) is 12.4. The lowest BCUT2D eigenvalue weighted by molar-refractivity contribution is 0.301. The maximum Gasteiger partial charge on any atom is 0.0914 e. The van der Waals surface area contributed by atoms with Crippen LogP contribution in [-0.2, 0) is 13.0 Å². The molecule has 20 heavy (non-hydrogen) atoms. The summed E-state index contributed by atoms with van der Waals surface area (Å²) in [5, 5.41) is 4.78. The van der Waals surface area contributed by atoms with Crippen LogP contribution in [0.1, 0.15) is 43.1 Å². The smallest absolute Gasteiger partial charge is 0.0914 e. The number of fused-ring (bicyclic) bond motifs is 1. The van der Waals surface area contributed by atoms with E-state index in [0.29, 0.717) is 0 Å². The maximum absolute atomic E-state index is 4.59. The molecule has 1 aliphatic rings. The van der Waals surface area contributed by atoms with Gasteiger partial charge in [-0.25, -0.2) is 0 Å². The number of rotatable bonds is 5. The highest BCUT2D eigenvalue weighted by Crippen LogP contribution is 2.25. The molecule has 3 heteroatoms. The zero-order chi connectivity index (χ0) is 13.9. The van der Waals surface area contributed by atoms with Gasteiger partial charge in [-0.15, -0.1) is 0 Å². The van der Waals surface area contributed by atoms with E-state index >= 15 is 0 Å². The van der Waals surface area contributed by atoms with Crippen molar-refractivity contribution in [3.8, 4) is 0 Å². The summed E-state index contributed by atoms with van der Waals surface area (Å²) in [4.78, 5) is 9.16. The minimum absolute atomic E-state index is 0.904. The van der Waals surface area contributed by atoms with Gasteiger partial charge in [0.25, 0.3) is 0 Å². The molecule has 2 aromatic rings. The summed E-state index contributed by atoms with van der Waals surface area (Å²) >= 11 is 0. The SMILES string of the molecule is CCc1cc2cc(CNCC3CCC3)cnc2c(C)n1. The molecule has 0 bridgehead atoms. The number of hydrogen-bond donors (Lipinski definition) is 1. The van der Waals surface area contributed by atoms with Gasteiger partial charge < -0.3 is 5.32 Å². The Balaban J connectivity index is 1.74. The van der Waals surface area contributed by atoms with E-state index in [1.807, 2.05) is 13.1 Å². The summed E-state index contributed by atoms with van der Waals surface area (Å²) in [7, 11) is 0. The van der Waals surface area contributed by atoms with Crippen molar-refractivity contribution >= 4 is 10.9 Å². The third kappa shape index (κ3) is 2.83. The molecule has 1 saturated carbocycles. The molecule has 0 radical (unpaired) electrons. The van der Waals surface area contributed by atoms with E-state index in [0.717, 1.165) is 42.3 Å². The molecule has 0 amide bonds. The van der Waals surface area contributed by atoms with E-state index in [2.05, 4.69) is 34.3 Å². The van der Waals surface area contributed by atoms with Gasteiger partial charge in [-0.05, 0) is 56.3 Å². The van der Waals surface area contributed by atoms with Crippen molar-refractivity contribution in [2.75, 3.05) is 6.54 Å². The molecular formula is C17H23N3. The maximum atomic E-state index is 4.59. The van der Waals surface area contributed by atoms with Crippen LogP contribution in [0.2, 0.25) is 0 Å². The molecule has 1 aliphatic carbocycles. The van der Waals surface area contributed by atoms with E-state index in [1.54, 1.807) is 0 Å². The van der Waals surface area contributed by atoms with Crippen LogP contribution in [0.25, 0.3) is 10.9 Å². The number of nitrogens with zero attached hydrogens (tertiary/aromatic N) is 2. The predicted octanol–water partition coefficient (Wildman–Crippen LogP) is 3.39. The summed E-state index contributed by atoms with van der Waals surface area (Å²) in [5.74, 6) is 0.904. The highest BCUT2D eigenvalue weighted by molar-refractivity contribution is 5.81. The molecule has 0 atom stereocenters. The van der Waals surface area contributed by atoms with Gasteiger partial charge in [0.2, 0.25) is 0 Å². The van der Waals surface area contributed by atoms with E-state index in [1.165, 1.54) is 30.2 Å². The van der Waals surface area contributed by atoms with Crippen molar-refractivity contribution < 1.29 is 0 Å². The van der Waals surface area contributed by atoms with Crippen LogP contribution in [0, 0.1) is 12.8 Å². The standard InChI is InChI=1S/C17H23N3/c1-3-16-8-15-7-14(10-18-9-13-5-4-6-13)11-19-17(15)12(2)20-16/h7-8,11,13,18H,3-6,9-10H2,1-2H3. The molecule has 0 unspecified atom stereocenters. The fourth-order valence-electron chi connectivity index (χ4n) is 2.82. The number of aromatic nitrogens is 2. The first kappa shape index (κ1) is 13.5. The summed E-state index contributed by atoms with van der Waals surface area (Å²) < 4.78 is 0. The lowest BCUT2D eigenvalue weighted by Crippen LogP contribution is -2.26. The van der Waals surface area contributed by atoms with E-state index in [4.69, 9.17) is 0 Å². The molecule has 0 aromatic carbocycles. The molecule has 0 spiro atoms. The average molecular weight is 269 g/mol. The van der Waals surface area contributed by atoms with Crippen molar-refractivity contribution in [1.29, 1.82) is 0 Å². The Hall–Kier alpha value is -1.48. The van der Waals surface area contributed by atoms with E-state index in [-0.39, 0.29) is 0 Å². The topological polar surface area (TPSA) is 37.8 Å². The normalized spacial score (nSPS) is 15.5. The van der Waals surface area contributed by atoms with Crippen molar-refractivity contribution in [3.05, 3.63) is 35.3 Å². The molecule has 2 heterocycles. The van der Waals surface area contributed by atoms with Gasteiger partial charge in [-0.3, -0.25) is 9.97 Å². The third-order valence-corrected chi connectivity index (χ3v) is 4.30. The van der Waals surface area contributed by atoms with Gasteiger partial charge in [-0.2, -0.15) is 0 Å². The van der Waals surface area contributed by atoms with Gasteiger partial charge in [0.15, 0.2) is 0 Å². The molecule has 0 saturated heterocycles. The van der Waals surface area contributed by atoms with Crippen LogP contribution in [0.5, 0.6) is 0 Å². The van der Waals surface area contributed by atoms with Crippen molar-refractivity contribution in [3.63, 3.8) is 0 Å². The van der Waals surface area contributed by atoms with Crippen LogP contribution in [0.4, 0.5) is 0 Å². The van der Waals surface area contributed by atoms with Gasteiger partial charge in [-0.1, -0.05) is 13.3 Å². The molecule has 1 fully saturated rings. The number of nitrogens with one attached hydrogen (secondary N) is 1. The lowest BCUT2D eigenvalue weighted by atomic mass is 9.85. The Bertz CT molecular complexity index is 602. The number of hydrogen-bond acceptors (Lipinski definition) is 3. The van der Waals surface area contributed by atoms with Crippen LogP contribution >= 0.6 is 0 Å². The van der Waals surface area contributed by atoms with Crippen LogP contribution in [0.3, 0.4) is 0 Å². The minimum atomic E-state index is 0.904. The average Bonchev–Trinajstić information content (AvgIpc) is 2.41. The van der Waals surface area contributed by atoms with Gasteiger partial charge >= 0.3 is 0 Å². The van der Waals surface area contributed by atoms with E-state index in [9.17, 15) is 0 Å². The van der Waals surface area contributed by atoms with Crippen molar-refractivity contribution in [1.82, 2.24) is 15.3 Å². The predicted molar refractivity (Wildman–Crippen MR) is 82.7 cm³/mol. The second kappa shape index (κ2) is 5.88. The first-order valence-electron chi connectivity index (χ1n) is 7.72. The van der Waals surface area contributed by atoms with Gasteiger partial charge in [0.05, 0.1) is 11.2 Å². The second-order valence-corrected chi connectivity index (χ2v) is 5.90. The summed E-state index contributed by atoms with van der Waals surface area (Å²) in [6.45, 7) is 6.25. The Morgan fingerprint density at radius 1 is 1.30 bits per heavy atom. The summed E-state index contributed by atoms with van der Waals surface area (Å²) in [6, 6.07) is 4.43. The molecule has 1 N–H and O–H groups in total. The number of aryl methyl sites for hydroxylation is 2. The first-order valence-corrected chi connectivity index (χ1v) is 7.72. The molecule has 0 aliphatic heterocycles. The Morgan fingerprint density at radius 2 is 2.15 bits per heavy atom. The van der Waals surface area contributed by atoms with Crippen LogP contribution in [-0.4, -0.2) is 16.5 Å². The monoisotopic (exact) mass is 269 g/mol. The van der Waals surface area contributed by atoms with Crippen molar-refractivity contribution in [2.24, 2.45) is 5.92 Å². The molecule has 106 valence electrons. The largest absolute Gasteiger partial charge is 0.312 e. The molecule has 3 rings (SSSR count). The Morgan fingerprint density at radius 3 is 2.85 bits per heavy atom. The van der Waals surface area contributed by atoms with Crippen LogP contribution < -0.4 is 5.32 Å². The highest BCUT2D eigenvalue weighted by atomic mass is 14.9. The lowest BCUT2D eigenvalue weighted by Gasteiger charge is -2.25. The number of pyridine rings is 2. The van der Waals surface area contributed by atoms with Crippen molar-refractivity contribution in [2.45, 2.75) is 46.1 Å². The Kier molecular flexibility index (Phi) is 3.97. The molecular weight excluding hydrogens is 246 g/mol. The van der Waals surface area contributed by atoms with Gasteiger partial charge in [0, 0.05) is 23.8 Å². The third-order valence-electron chi connectivity index (χ3n) is 4.30. The molecule has 2 aromatic heterocycles. The van der Waals surface area contributed by atoms with Gasteiger partial charge in [0.1, 0.15) is 0 Å². The fourth-order valence-corrected chi connectivity index (χ4v) is 2.82. The zero-order valence-corrected chi connectivity index (χ0v) is 12.4. The summed E-state index contributed by atoms with van der Waals surface area (Å²) in [6.07, 6.45) is 7.16. The first-order chi connectivity index (χ1) is 9.76. The minimum Gasteiger partial charge on any atom is -0.312 e. The highest BCUT2D eigenvalue weighted by Gasteiger charge is 2.16. The van der Waals surface area contributed by atoms with Crippen LogP contribution in [0.15, 0.2) is 18.3 Å². The van der Waals surface area contributed by atoms with E-state index < -0.39 is 0 Å². The summed E-state index contributed by atoms with van der Waals surface area (Å²) in [5.41, 5.74) is 4.49. The molecule has 3 nitrogen and oxygen atoms in total.